The molecule has 6 heteroatoms. The summed E-state index contributed by atoms with van der Waals surface area (Å²) in [5, 5.41) is 7.74. The molecule has 0 radical (unpaired) electrons. The van der Waals surface area contributed by atoms with E-state index in [0.29, 0.717) is 12.3 Å². The van der Waals surface area contributed by atoms with E-state index in [1.165, 1.54) is 26.3 Å². The number of rotatable bonds is 6. The molecule has 0 aliphatic heterocycles. The Kier molecular flexibility index (Phi) is 7.19. The zero-order chi connectivity index (χ0) is 15.8. The van der Waals surface area contributed by atoms with E-state index in [4.69, 9.17) is 0 Å². The lowest BCUT2D eigenvalue weighted by atomic mass is 9.87. The van der Waals surface area contributed by atoms with Gasteiger partial charge in [0.1, 0.15) is 12.1 Å². The van der Waals surface area contributed by atoms with Gasteiger partial charge in [0.15, 0.2) is 0 Å². The van der Waals surface area contributed by atoms with Gasteiger partial charge in [0.25, 0.3) is 0 Å². The first kappa shape index (κ1) is 17.5. The molecule has 0 heterocycles. The van der Waals surface area contributed by atoms with Gasteiger partial charge in [-0.1, -0.05) is 19.3 Å². The van der Waals surface area contributed by atoms with Crippen LogP contribution in [0.4, 0.5) is 0 Å². The van der Waals surface area contributed by atoms with Gasteiger partial charge in [-0.25, -0.2) is 0 Å². The van der Waals surface area contributed by atoms with E-state index < -0.39 is 12.1 Å². The van der Waals surface area contributed by atoms with Crippen molar-refractivity contribution in [3.8, 4) is 0 Å². The molecular formula is C15H27N3O3. The summed E-state index contributed by atoms with van der Waals surface area (Å²) >= 11 is 0. The third-order valence-corrected chi connectivity index (χ3v) is 3.97. The fourth-order valence-electron chi connectivity index (χ4n) is 2.64. The lowest BCUT2D eigenvalue weighted by Gasteiger charge is -2.22. The summed E-state index contributed by atoms with van der Waals surface area (Å²) in [6.07, 6.45) is 6.33. The van der Waals surface area contributed by atoms with Crippen molar-refractivity contribution >= 4 is 17.7 Å². The van der Waals surface area contributed by atoms with Crippen LogP contribution in [0.15, 0.2) is 0 Å². The Morgan fingerprint density at radius 2 is 1.52 bits per heavy atom. The Hall–Kier alpha value is -1.59. The fourth-order valence-corrected chi connectivity index (χ4v) is 2.64. The minimum Gasteiger partial charge on any atom is -0.357 e. The molecule has 0 aromatic carbocycles. The number of nitrogens with one attached hydrogen (secondary N) is 3. The summed E-state index contributed by atoms with van der Waals surface area (Å²) in [6.45, 7) is 3.23. The first-order valence-corrected chi connectivity index (χ1v) is 7.75. The molecule has 1 fully saturated rings. The van der Waals surface area contributed by atoms with Crippen LogP contribution in [-0.2, 0) is 14.4 Å². The molecule has 2 atom stereocenters. The lowest BCUT2D eigenvalue weighted by Crippen LogP contribution is -2.51. The molecule has 1 aliphatic rings. The maximum Gasteiger partial charge on any atom is 0.242 e. The van der Waals surface area contributed by atoms with Gasteiger partial charge in [0, 0.05) is 13.5 Å². The average Bonchev–Trinajstić information content (AvgIpc) is 2.46. The van der Waals surface area contributed by atoms with Crippen molar-refractivity contribution < 1.29 is 14.4 Å². The van der Waals surface area contributed by atoms with Gasteiger partial charge in [0.05, 0.1) is 0 Å². The van der Waals surface area contributed by atoms with Crippen LogP contribution in [0.3, 0.4) is 0 Å². The van der Waals surface area contributed by atoms with E-state index in [9.17, 15) is 14.4 Å². The Balaban J connectivity index is 2.33. The number of carbonyl (C=O) groups excluding carboxylic acids is 3. The quantitative estimate of drug-likeness (QED) is 0.675. The number of hydrogen-bond acceptors (Lipinski definition) is 3. The van der Waals surface area contributed by atoms with Crippen LogP contribution in [0.1, 0.15) is 52.4 Å². The molecule has 6 nitrogen and oxygen atoms in total. The van der Waals surface area contributed by atoms with Gasteiger partial charge in [-0.2, -0.15) is 0 Å². The molecule has 1 rings (SSSR count). The van der Waals surface area contributed by atoms with Crippen molar-refractivity contribution in [3.05, 3.63) is 0 Å². The molecular weight excluding hydrogens is 270 g/mol. The Bertz CT molecular complexity index is 378. The SMILES string of the molecule is CNC(=O)[C@H](C)NC(=O)[C@@H](C)NC(=O)CC1CCCCC1. The molecule has 21 heavy (non-hydrogen) atoms. The van der Waals surface area contributed by atoms with Crippen molar-refractivity contribution in [2.75, 3.05) is 7.05 Å². The Morgan fingerprint density at radius 1 is 0.952 bits per heavy atom. The first-order valence-electron chi connectivity index (χ1n) is 7.75. The van der Waals surface area contributed by atoms with E-state index >= 15 is 0 Å². The predicted octanol–water partition coefficient (Wildman–Crippen LogP) is 0.712. The van der Waals surface area contributed by atoms with E-state index in [1.807, 2.05) is 0 Å². The van der Waals surface area contributed by atoms with Gasteiger partial charge in [0.2, 0.25) is 17.7 Å². The van der Waals surface area contributed by atoms with Crippen LogP contribution >= 0.6 is 0 Å². The number of carbonyl (C=O) groups is 3. The molecule has 1 aliphatic carbocycles. The monoisotopic (exact) mass is 297 g/mol. The number of likely N-dealkylation sites (N-methyl/N-ethyl adjacent to an activating group) is 1. The van der Waals surface area contributed by atoms with Gasteiger partial charge < -0.3 is 16.0 Å². The van der Waals surface area contributed by atoms with E-state index in [0.717, 1.165) is 12.8 Å². The zero-order valence-electron chi connectivity index (χ0n) is 13.2. The van der Waals surface area contributed by atoms with Crippen LogP contribution in [0.25, 0.3) is 0 Å². The van der Waals surface area contributed by atoms with Gasteiger partial charge >= 0.3 is 0 Å². The summed E-state index contributed by atoms with van der Waals surface area (Å²) in [4.78, 5) is 35.2. The van der Waals surface area contributed by atoms with Crippen molar-refractivity contribution in [2.24, 2.45) is 5.92 Å². The minimum atomic E-state index is -0.631. The van der Waals surface area contributed by atoms with Crippen LogP contribution in [0, 0.1) is 5.92 Å². The standard InChI is InChI=1S/C15H27N3O3/c1-10(14(20)16-3)18-15(21)11(2)17-13(19)9-12-7-5-4-6-8-12/h10-12H,4-9H2,1-3H3,(H,16,20)(H,17,19)(H,18,21)/t10-,11+/m0/s1. The second kappa shape index (κ2) is 8.64. The number of hydrogen-bond donors (Lipinski definition) is 3. The van der Waals surface area contributed by atoms with Gasteiger partial charge in [-0.15, -0.1) is 0 Å². The summed E-state index contributed by atoms with van der Waals surface area (Å²) in [5.41, 5.74) is 0. The molecule has 120 valence electrons. The second-order valence-corrected chi connectivity index (χ2v) is 5.84. The van der Waals surface area contributed by atoms with E-state index in [2.05, 4.69) is 16.0 Å². The molecule has 3 amide bonds. The van der Waals surface area contributed by atoms with Crippen molar-refractivity contribution in [1.82, 2.24) is 16.0 Å². The highest BCUT2D eigenvalue weighted by atomic mass is 16.2. The van der Waals surface area contributed by atoms with Crippen LogP contribution < -0.4 is 16.0 Å². The predicted molar refractivity (Wildman–Crippen MR) is 80.5 cm³/mol. The molecule has 1 saturated carbocycles. The van der Waals surface area contributed by atoms with Crippen LogP contribution in [0.5, 0.6) is 0 Å². The average molecular weight is 297 g/mol. The molecule has 3 N–H and O–H groups in total. The van der Waals surface area contributed by atoms with E-state index in [1.54, 1.807) is 13.8 Å². The van der Waals surface area contributed by atoms with Crippen LogP contribution in [0.2, 0.25) is 0 Å². The molecule has 0 aromatic rings. The molecule has 0 bridgehead atoms. The minimum absolute atomic E-state index is 0.0860. The lowest BCUT2D eigenvalue weighted by molar-refractivity contribution is -0.131. The highest BCUT2D eigenvalue weighted by molar-refractivity contribution is 5.91. The Morgan fingerprint density at radius 3 is 2.10 bits per heavy atom. The molecule has 0 aromatic heterocycles. The third-order valence-electron chi connectivity index (χ3n) is 3.97. The molecule has 0 unspecified atom stereocenters. The van der Waals surface area contributed by atoms with Gasteiger partial charge in [-0.05, 0) is 32.6 Å². The topological polar surface area (TPSA) is 87.3 Å². The van der Waals surface area contributed by atoms with E-state index in [-0.39, 0.29) is 17.7 Å². The highest BCUT2D eigenvalue weighted by Gasteiger charge is 2.22. The Labute approximate surface area is 126 Å². The van der Waals surface area contributed by atoms with Crippen LogP contribution in [-0.4, -0.2) is 36.9 Å². The third kappa shape index (κ3) is 6.14. The largest absolute Gasteiger partial charge is 0.357 e. The maximum atomic E-state index is 11.9. The van der Waals surface area contributed by atoms with Crippen molar-refractivity contribution in [3.63, 3.8) is 0 Å². The van der Waals surface area contributed by atoms with Crippen molar-refractivity contribution in [1.29, 1.82) is 0 Å². The maximum absolute atomic E-state index is 11.9. The smallest absolute Gasteiger partial charge is 0.242 e. The number of amides is 3. The summed E-state index contributed by atoms with van der Waals surface area (Å²) < 4.78 is 0. The molecule has 0 saturated heterocycles. The van der Waals surface area contributed by atoms with Crippen molar-refractivity contribution in [2.45, 2.75) is 64.5 Å². The molecule has 0 spiro atoms. The normalized spacial score (nSPS) is 18.4. The fraction of sp³-hybridized carbons (Fsp3) is 0.800. The second-order valence-electron chi connectivity index (χ2n) is 5.84. The van der Waals surface area contributed by atoms with Gasteiger partial charge in [-0.3, -0.25) is 14.4 Å². The summed E-state index contributed by atoms with van der Waals surface area (Å²) in [5.74, 6) is -0.247. The summed E-state index contributed by atoms with van der Waals surface area (Å²) in [6, 6.07) is -1.24. The summed E-state index contributed by atoms with van der Waals surface area (Å²) in [7, 11) is 1.51. The highest BCUT2D eigenvalue weighted by Crippen LogP contribution is 2.26. The zero-order valence-corrected chi connectivity index (χ0v) is 13.2. The first-order chi connectivity index (χ1) is 9.93.